The molecule has 10 heteroatoms. The normalized spacial score (nSPS) is 13.7. The number of thioether (sulfide) groups is 1. The number of sulfonamides is 1. The second kappa shape index (κ2) is 8.72. The van der Waals surface area contributed by atoms with Crippen LogP contribution in [0.4, 0.5) is 5.69 Å². The van der Waals surface area contributed by atoms with Crippen molar-refractivity contribution >= 4 is 49.5 Å². The zero-order valence-corrected chi connectivity index (χ0v) is 17.4. The van der Waals surface area contributed by atoms with E-state index in [2.05, 4.69) is 20.0 Å². The Hall–Kier alpha value is -3.11. The van der Waals surface area contributed by atoms with Crippen molar-refractivity contribution in [3.8, 4) is 5.75 Å². The molecule has 1 aliphatic heterocycles. The number of carbonyl (C=O) groups excluding carboxylic acids is 1. The molecule has 1 aliphatic rings. The number of nitrogens with one attached hydrogen (secondary N) is 2. The Labute approximate surface area is 177 Å². The summed E-state index contributed by atoms with van der Waals surface area (Å²) in [5.74, 6) is 0.913. The first kappa shape index (κ1) is 20.2. The highest BCUT2D eigenvalue weighted by Gasteiger charge is 2.18. The topological polar surface area (TPSA) is 110 Å². The molecule has 3 aromatic rings. The summed E-state index contributed by atoms with van der Waals surface area (Å²) in [6, 6.07) is 15.1. The molecule has 0 radical (unpaired) electrons. The number of aromatic nitrogens is 1. The molecule has 4 rings (SSSR count). The van der Waals surface area contributed by atoms with Crippen molar-refractivity contribution in [2.75, 3.05) is 24.2 Å². The van der Waals surface area contributed by atoms with E-state index < -0.39 is 10.0 Å². The maximum absolute atomic E-state index is 12.4. The Kier molecular flexibility index (Phi) is 5.86. The third-order valence-corrected chi connectivity index (χ3v) is 6.59. The summed E-state index contributed by atoms with van der Waals surface area (Å²) in [6.45, 7) is 0.402. The average Bonchev–Trinajstić information content (AvgIpc) is 3.25. The van der Waals surface area contributed by atoms with E-state index in [9.17, 15) is 13.2 Å². The first-order valence-electron chi connectivity index (χ1n) is 9.08. The molecule has 1 amide bonds. The minimum atomic E-state index is -3.70. The van der Waals surface area contributed by atoms with Gasteiger partial charge in [0.25, 0.3) is 15.9 Å². The van der Waals surface area contributed by atoms with Gasteiger partial charge in [0.2, 0.25) is 0 Å². The van der Waals surface area contributed by atoms with E-state index >= 15 is 0 Å². The van der Waals surface area contributed by atoms with E-state index in [1.807, 2.05) is 24.3 Å². The second-order valence-electron chi connectivity index (χ2n) is 6.33. The number of ether oxygens (including phenoxy) is 1. The van der Waals surface area contributed by atoms with Gasteiger partial charge >= 0.3 is 0 Å². The average molecular weight is 443 g/mol. The van der Waals surface area contributed by atoms with Crippen LogP contribution in [0.2, 0.25) is 0 Å². The third-order valence-electron chi connectivity index (χ3n) is 4.21. The molecule has 0 atom stereocenters. The lowest BCUT2D eigenvalue weighted by molar-refractivity contribution is -0.118. The number of hydrogen-bond donors (Lipinski definition) is 2. The summed E-state index contributed by atoms with van der Waals surface area (Å²) in [4.78, 5) is 20.7. The van der Waals surface area contributed by atoms with Gasteiger partial charge in [0.1, 0.15) is 11.3 Å². The standard InChI is InChI=1S/C20H18N4O4S2/c25-18(13-28-17-5-1-3-14-4-2-10-21-19(14)17)23-15-6-8-16(9-7-15)30(26,27)24-20-22-11-12-29-20/h1-10H,11-13H2,(H,22,24)(H,23,25). The van der Waals surface area contributed by atoms with Crippen molar-refractivity contribution in [3.63, 3.8) is 0 Å². The molecule has 1 aromatic heterocycles. The number of anilines is 1. The van der Waals surface area contributed by atoms with Crippen LogP contribution in [0.3, 0.4) is 0 Å². The van der Waals surface area contributed by atoms with E-state index in [0.29, 0.717) is 28.7 Å². The smallest absolute Gasteiger partial charge is 0.263 e. The molecule has 30 heavy (non-hydrogen) atoms. The van der Waals surface area contributed by atoms with Crippen LogP contribution >= 0.6 is 11.8 Å². The fourth-order valence-electron chi connectivity index (χ4n) is 2.82. The van der Waals surface area contributed by atoms with Crippen LogP contribution in [0.1, 0.15) is 0 Å². The largest absolute Gasteiger partial charge is 0.481 e. The Bertz CT molecular complexity index is 1210. The number of fused-ring (bicyclic) bond motifs is 1. The summed E-state index contributed by atoms with van der Waals surface area (Å²) >= 11 is 1.36. The summed E-state index contributed by atoms with van der Waals surface area (Å²) in [5, 5.41) is 4.00. The lowest BCUT2D eigenvalue weighted by Gasteiger charge is -2.10. The molecule has 154 valence electrons. The molecule has 8 nitrogen and oxygen atoms in total. The van der Waals surface area contributed by atoms with Crippen LogP contribution in [0.5, 0.6) is 5.75 Å². The number of amides is 1. The van der Waals surface area contributed by atoms with Gasteiger partial charge in [0.05, 0.1) is 11.4 Å². The minimum absolute atomic E-state index is 0.0915. The van der Waals surface area contributed by atoms with Gasteiger partial charge in [-0.15, -0.1) is 0 Å². The summed E-state index contributed by atoms with van der Waals surface area (Å²) in [6.07, 6.45) is 1.66. The van der Waals surface area contributed by atoms with Crippen LogP contribution in [0.25, 0.3) is 10.9 Å². The number of rotatable bonds is 6. The van der Waals surface area contributed by atoms with Crippen molar-refractivity contribution in [3.05, 3.63) is 60.8 Å². The Morgan fingerprint density at radius 3 is 2.67 bits per heavy atom. The van der Waals surface area contributed by atoms with Crippen molar-refractivity contribution in [2.24, 2.45) is 4.99 Å². The SMILES string of the molecule is O=C(COc1cccc2cccnc12)Nc1ccc(S(=O)(=O)NC2=NCCS2)cc1. The maximum Gasteiger partial charge on any atom is 0.263 e. The monoisotopic (exact) mass is 442 g/mol. The van der Waals surface area contributed by atoms with Gasteiger partial charge in [-0.25, -0.2) is 8.42 Å². The number of benzene rings is 2. The molecular formula is C20H18N4O4S2. The highest BCUT2D eigenvalue weighted by atomic mass is 32.2. The van der Waals surface area contributed by atoms with Gasteiger partial charge < -0.3 is 10.1 Å². The third kappa shape index (κ3) is 4.71. The number of para-hydroxylation sites is 1. The van der Waals surface area contributed by atoms with Crippen molar-refractivity contribution < 1.29 is 17.9 Å². The molecule has 0 aliphatic carbocycles. The van der Waals surface area contributed by atoms with Gasteiger partial charge in [-0.1, -0.05) is 30.0 Å². The molecule has 0 saturated heterocycles. The summed E-state index contributed by atoms with van der Waals surface area (Å²) < 4.78 is 32.8. The van der Waals surface area contributed by atoms with Crippen molar-refractivity contribution in [1.82, 2.24) is 9.71 Å². The van der Waals surface area contributed by atoms with Crippen molar-refractivity contribution in [2.45, 2.75) is 4.90 Å². The van der Waals surface area contributed by atoms with Gasteiger partial charge in [-0.2, -0.15) is 0 Å². The van der Waals surface area contributed by atoms with Crippen LogP contribution in [0, 0.1) is 0 Å². The highest BCUT2D eigenvalue weighted by Crippen LogP contribution is 2.23. The van der Waals surface area contributed by atoms with Gasteiger partial charge in [-0.3, -0.25) is 19.5 Å². The quantitative estimate of drug-likeness (QED) is 0.607. The van der Waals surface area contributed by atoms with E-state index in [0.717, 1.165) is 11.1 Å². The molecule has 0 unspecified atom stereocenters. The first-order valence-corrected chi connectivity index (χ1v) is 11.5. The highest BCUT2D eigenvalue weighted by molar-refractivity contribution is 8.15. The molecule has 0 saturated carbocycles. The van der Waals surface area contributed by atoms with E-state index in [4.69, 9.17) is 4.74 Å². The number of amidine groups is 1. The first-order chi connectivity index (χ1) is 14.5. The number of pyridine rings is 1. The molecule has 2 aromatic carbocycles. The lowest BCUT2D eigenvalue weighted by atomic mass is 10.2. The molecule has 2 heterocycles. The molecule has 0 bridgehead atoms. The number of nitrogens with zero attached hydrogens (tertiary/aromatic N) is 2. The van der Waals surface area contributed by atoms with Gasteiger partial charge in [-0.05, 0) is 36.4 Å². The van der Waals surface area contributed by atoms with Crippen LogP contribution < -0.4 is 14.8 Å². The van der Waals surface area contributed by atoms with E-state index in [-0.39, 0.29) is 17.4 Å². The molecule has 2 N–H and O–H groups in total. The Morgan fingerprint density at radius 1 is 1.10 bits per heavy atom. The van der Waals surface area contributed by atoms with Crippen LogP contribution in [0.15, 0.2) is 70.7 Å². The van der Waals surface area contributed by atoms with Crippen LogP contribution in [-0.2, 0) is 14.8 Å². The maximum atomic E-state index is 12.4. The van der Waals surface area contributed by atoms with Crippen LogP contribution in [-0.4, -0.2) is 43.4 Å². The number of aliphatic imine (C=N–C) groups is 1. The van der Waals surface area contributed by atoms with Gasteiger partial charge in [0, 0.05) is 23.0 Å². The predicted octanol–water partition coefficient (Wildman–Crippen LogP) is 2.63. The Morgan fingerprint density at radius 2 is 1.90 bits per heavy atom. The fourth-order valence-corrected chi connectivity index (χ4v) is 4.85. The fraction of sp³-hybridized carbons (Fsp3) is 0.150. The molecular weight excluding hydrogens is 424 g/mol. The minimum Gasteiger partial charge on any atom is -0.481 e. The van der Waals surface area contributed by atoms with E-state index in [1.54, 1.807) is 12.3 Å². The van der Waals surface area contributed by atoms with Crippen molar-refractivity contribution in [1.29, 1.82) is 0 Å². The number of hydrogen-bond acceptors (Lipinski definition) is 7. The number of carbonyl (C=O) groups is 1. The van der Waals surface area contributed by atoms with E-state index in [1.165, 1.54) is 36.0 Å². The summed E-state index contributed by atoms with van der Waals surface area (Å²) in [7, 11) is -3.70. The zero-order valence-electron chi connectivity index (χ0n) is 15.7. The molecule has 0 spiro atoms. The second-order valence-corrected chi connectivity index (χ2v) is 9.10. The zero-order chi connectivity index (χ0) is 21.0. The lowest BCUT2D eigenvalue weighted by Crippen LogP contribution is -2.27. The predicted molar refractivity (Wildman–Crippen MR) is 117 cm³/mol. The summed E-state index contributed by atoms with van der Waals surface area (Å²) in [5.41, 5.74) is 1.14. The molecule has 0 fully saturated rings. The van der Waals surface area contributed by atoms with Gasteiger partial charge in [0.15, 0.2) is 11.8 Å². The Balaban J connectivity index is 1.36.